The molecule has 2 aliphatic rings. The van der Waals surface area contributed by atoms with Gasteiger partial charge in [0, 0.05) is 25.2 Å². The fourth-order valence-electron chi connectivity index (χ4n) is 4.47. The number of likely N-dealkylation sites (tertiary alicyclic amines) is 1. The van der Waals surface area contributed by atoms with Crippen molar-refractivity contribution in [2.45, 2.75) is 31.7 Å². The molecule has 2 aliphatic heterocycles. The van der Waals surface area contributed by atoms with Crippen LogP contribution in [0.4, 0.5) is 5.69 Å². The van der Waals surface area contributed by atoms with Crippen LogP contribution in [0.25, 0.3) is 11.0 Å². The van der Waals surface area contributed by atoms with Crippen LogP contribution in [0.2, 0.25) is 0 Å². The van der Waals surface area contributed by atoms with E-state index in [2.05, 4.69) is 15.2 Å². The Labute approximate surface area is 181 Å². The van der Waals surface area contributed by atoms with Crippen molar-refractivity contribution >= 4 is 28.4 Å². The number of nitrogens with one attached hydrogen (secondary N) is 1. The fourth-order valence-corrected chi connectivity index (χ4v) is 4.47. The summed E-state index contributed by atoms with van der Waals surface area (Å²) in [6.07, 6.45) is 2.87. The molecule has 3 heterocycles. The molecule has 2 aromatic carbocycles. The zero-order valence-electron chi connectivity index (χ0n) is 17.4. The van der Waals surface area contributed by atoms with Gasteiger partial charge in [-0.25, -0.2) is 4.98 Å². The van der Waals surface area contributed by atoms with E-state index in [0.29, 0.717) is 31.1 Å². The van der Waals surface area contributed by atoms with Gasteiger partial charge in [-0.1, -0.05) is 12.1 Å². The van der Waals surface area contributed by atoms with Gasteiger partial charge in [0.25, 0.3) is 0 Å². The van der Waals surface area contributed by atoms with Crippen molar-refractivity contribution in [1.29, 1.82) is 0 Å². The first-order valence-corrected chi connectivity index (χ1v) is 10.9. The van der Waals surface area contributed by atoms with Gasteiger partial charge in [-0.2, -0.15) is 0 Å². The van der Waals surface area contributed by atoms with E-state index in [-0.39, 0.29) is 11.7 Å². The summed E-state index contributed by atoms with van der Waals surface area (Å²) in [4.78, 5) is 32.6. The summed E-state index contributed by atoms with van der Waals surface area (Å²) < 4.78 is 7.80. The van der Waals surface area contributed by atoms with Crippen molar-refractivity contribution in [3.05, 3.63) is 54.4 Å². The molecular weight excluding hydrogens is 392 g/mol. The standard InChI is InChI=1S/C24H26N4O3/c29-21-11-14-28-20-6-2-1-5-19(20)26-23(28)22(21)24(30)25-17-7-9-18(10-8-17)31-16-15-27-12-3-4-13-27/h1-2,5-10,22H,3-4,11-16H2,(H,25,30). The normalized spacial score (nSPS) is 18.8. The van der Waals surface area contributed by atoms with Crippen molar-refractivity contribution in [3.8, 4) is 5.75 Å². The SMILES string of the molecule is O=C1CCn2c(nc3ccccc32)C1C(=O)Nc1ccc(OCCN2CCCC2)cc1. The third-order valence-electron chi connectivity index (χ3n) is 6.11. The predicted molar refractivity (Wildman–Crippen MR) is 118 cm³/mol. The van der Waals surface area contributed by atoms with Crippen molar-refractivity contribution < 1.29 is 14.3 Å². The molecule has 1 unspecified atom stereocenters. The molecule has 7 nitrogen and oxygen atoms in total. The van der Waals surface area contributed by atoms with Crippen LogP contribution in [-0.2, 0) is 16.1 Å². The summed E-state index contributed by atoms with van der Waals surface area (Å²) in [5, 5.41) is 2.88. The Hall–Kier alpha value is -3.19. The third-order valence-corrected chi connectivity index (χ3v) is 6.11. The van der Waals surface area contributed by atoms with Gasteiger partial charge in [0.1, 0.15) is 18.2 Å². The van der Waals surface area contributed by atoms with Gasteiger partial charge in [-0.15, -0.1) is 0 Å². The summed E-state index contributed by atoms with van der Waals surface area (Å²) in [7, 11) is 0. The van der Waals surface area contributed by atoms with Crippen LogP contribution in [0, 0.1) is 0 Å². The lowest BCUT2D eigenvalue weighted by atomic mass is 9.96. The molecule has 0 aliphatic carbocycles. The third kappa shape index (κ3) is 4.05. The number of anilines is 1. The average molecular weight is 418 g/mol. The Morgan fingerprint density at radius 2 is 1.84 bits per heavy atom. The number of para-hydroxylation sites is 2. The first-order valence-electron chi connectivity index (χ1n) is 10.9. The Kier molecular flexibility index (Phi) is 5.42. The first kappa shape index (κ1) is 19.8. The molecule has 0 bridgehead atoms. The molecule has 31 heavy (non-hydrogen) atoms. The van der Waals surface area contributed by atoms with Crippen LogP contribution in [0.3, 0.4) is 0 Å². The number of nitrogens with zero attached hydrogens (tertiary/aromatic N) is 3. The van der Waals surface area contributed by atoms with E-state index in [1.165, 1.54) is 12.8 Å². The van der Waals surface area contributed by atoms with Crippen LogP contribution in [0.1, 0.15) is 31.0 Å². The molecule has 160 valence electrons. The fraction of sp³-hybridized carbons (Fsp3) is 0.375. The number of aromatic nitrogens is 2. The van der Waals surface area contributed by atoms with Gasteiger partial charge < -0.3 is 14.6 Å². The molecule has 1 aromatic heterocycles. The monoisotopic (exact) mass is 418 g/mol. The Balaban J connectivity index is 1.25. The maximum absolute atomic E-state index is 13.0. The minimum Gasteiger partial charge on any atom is -0.492 e. The zero-order chi connectivity index (χ0) is 21.2. The molecule has 7 heteroatoms. The van der Waals surface area contributed by atoms with Crippen molar-refractivity contribution in [2.24, 2.45) is 0 Å². The lowest BCUT2D eigenvalue weighted by Gasteiger charge is -2.22. The van der Waals surface area contributed by atoms with Crippen LogP contribution >= 0.6 is 0 Å². The van der Waals surface area contributed by atoms with Gasteiger partial charge in [0.05, 0.1) is 11.0 Å². The van der Waals surface area contributed by atoms with E-state index in [4.69, 9.17) is 4.74 Å². The van der Waals surface area contributed by atoms with Gasteiger partial charge in [-0.3, -0.25) is 14.5 Å². The number of benzene rings is 2. The van der Waals surface area contributed by atoms with Crippen LogP contribution in [-0.4, -0.2) is 52.4 Å². The second kappa shape index (κ2) is 8.51. The lowest BCUT2D eigenvalue weighted by Crippen LogP contribution is -2.34. The van der Waals surface area contributed by atoms with Gasteiger partial charge in [-0.05, 0) is 62.3 Å². The Bertz CT molecular complexity index is 1100. The number of amides is 1. The highest BCUT2D eigenvalue weighted by Crippen LogP contribution is 2.29. The molecule has 3 aromatic rings. The molecule has 5 rings (SSSR count). The minimum atomic E-state index is -0.891. The first-order chi connectivity index (χ1) is 15.2. The summed E-state index contributed by atoms with van der Waals surface area (Å²) >= 11 is 0. The lowest BCUT2D eigenvalue weighted by molar-refractivity contribution is -0.128. The number of fused-ring (bicyclic) bond motifs is 3. The number of rotatable bonds is 6. The van der Waals surface area contributed by atoms with E-state index in [1.807, 2.05) is 41.0 Å². The van der Waals surface area contributed by atoms with Crippen LogP contribution in [0.5, 0.6) is 5.75 Å². The molecule has 0 spiro atoms. The number of carbonyl (C=O) groups excluding carboxylic acids is 2. The van der Waals surface area contributed by atoms with E-state index in [0.717, 1.165) is 36.4 Å². The number of ketones is 1. The van der Waals surface area contributed by atoms with E-state index in [9.17, 15) is 9.59 Å². The second-order valence-electron chi connectivity index (χ2n) is 8.17. The number of aryl methyl sites for hydroxylation is 1. The highest BCUT2D eigenvalue weighted by molar-refractivity contribution is 6.12. The molecule has 1 amide bonds. The quantitative estimate of drug-likeness (QED) is 0.622. The largest absolute Gasteiger partial charge is 0.492 e. The molecule has 0 saturated carbocycles. The summed E-state index contributed by atoms with van der Waals surface area (Å²) in [6, 6.07) is 15.0. The number of hydrogen-bond donors (Lipinski definition) is 1. The van der Waals surface area contributed by atoms with Gasteiger partial charge in [0.2, 0.25) is 5.91 Å². The van der Waals surface area contributed by atoms with E-state index >= 15 is 0 Å². The maximum atomic E-state index is 13.0. The number of hydrogen-bond acceptors (Lipinski definition) is 5. The maximum Gasteiger partial charge on any atom is 0.242 e. The number of ether oxygens (including phenoxy) is 1. The number of carbonyl (C=O) groups is 2. The molecule has 1 N–H and O–H groups in total. The Morgan fingerprint density at radius 1 is 1.06 bits per heavy atom. The van der Waals surface area contributed by atoms with Crippen molar-refractivity contribution in [1.82, 2.24) is 14.5 Å². The smallest absolute Gasteiger partial charge is 0.242 e. The second-order valence-corrected chi connectivity index (χ2v) is 8.17. The molecule has 0 radical (unpaired) electrons. The molecule has 1 saturated heterocycles. The average Bonchev–Trinajstić information content (AvgIpc) is 3.42. The van der Waals surface area contributed by atoms with Gasteiger partial charge >= 0.3 is 0 Å². The summed E-state index contributed by atoms with van der Waals surface area (Å²) in [6.45, 7) is 4.45. The summed E-state index contributed by atoms with van der Waals surface area (Å²) in [5.41, 5.74) is 2.40. The topological polar surface area (TPSA) is 76.5 Å². The Morgan fingerprint density at radius 3 is 2.65 bits per heavy atom. The molecule has 1 fully saturated rings. The van der Waals surface area contributed by atoms with E-state index < -0.39 is 5.92 Å². The number of imidazole rings is 1. The molecule has 1 atom stereocenters. The highest BCUT2D eigenvalue weighted by Gasteiger charge is 2.36. The zero-order valence-corrected chi connectivity index (χ0v) is 17.4. The highest BCUT2D eigenvalue weighted by atomic mass is 16.5. The summed E-state index contributed by atoms with van der Waals surface area (Å²) in [5.74, 6) is -0.0341. The van der Waals surface area contributed by atoms with Crippen molar-refractivity contribution in [2.75, 3.05) is 31.6 Å². The van der Waals surface area contributed by atoms with Crippen molar-refractivity contribution in [3.63, 3.8) is 0 Å². The van der Waals surface area contributed by atoms with E-state index in [1.54, 1.807) is 12.1 Å². The predicted octanol–water partition coefficient (Wildman–Crippen LogP) is 3.21. The molecular formula is C24H26N4O3. The minimum absolute atomic E-state index is 0.0952. The van der Waals surface area contributed by atoms with Crippen LogP contribution in [0.15, 0.2) is 48.5 Å². The van der Waals surface area contributed by atoms with Crippen LogP contribution < -0.4 is 10.1 Å². The number of Topliss-reactive ketones (excluding diaryl/α,β-unsaturated/α-hetero) is 1. The van der Waals surface area contributed by atoms with Gasteiger partial charge in [0.15, 0.2) is 11.7 Å².